The first-order valence-electron chi connectivity index (χ1n) is 9.13. The van der Waals surface area contributed by atoms with Crippen molar-refractivity contribution in [1.29, 1.82) is 0 Å². The molecule has 0 aliphatic heterocycles. The van der Waals surface area contributed by atoms with E-state index in [1.807, 2.05) is 0 Å². The quantitative estimate of drug-likeness (QED) is 0.293. The lowest BCUT2D eigenvalue weighted by Crippen LogP contribution is -1.95. The molecule has 0 heterocycles. The van der Waals surface area contributed by atoms with Crippen LogP contribution < -0.4 is 0 Å². The Balaban J connectivity index is 3.26. The maximum atomic E-state index is 10.4. The zero-order chi connectivity index (χ0) is 17.3. The Bertz CT molecular complexity index is 336. The van der Waals surface area contributed by atoms with Crippen LogP contribution in [-0.2, 0) is 9.59 Å². The minimum absolute atomic E-state index is 0.309. The lowest BCUT2D eigenvalue weighted by molar-refractivity contribution is -0.137. The molecule has 0 aliphatic carbocycles. The van der Waals surface area contributed by atoms with Crippen LogP contribution in [0.1, 0.15) is 90.4 Å². The molecule has 0 aliphatic rings. The van der Waals surface area contributed by atoms with Gasteiger partial charge in [0.15, 0.2) is 0 Å². The molecule has 0 radical (unpaired) electrons. The molecule has 2 N–H and O–H groups in total. The van der Waals surface area contributed by atoms with Gasteiger partial charge in [-0.3, -0.25) is 4.79 Å². The molecule has 0 amide bonds. The molecule has 23 heavy (non-hydrogen) atoms. The van der Waals surface area contributed by atoms with E-state index in [0.717, 1.165) is 38.0 Å². The second kappa shape index (κ2) is 15.6. The molecule has 134 valence electrons. The maximum Gasteiger partial charge on any atom is 0.327 e. The van der Waals surface area contributed by atoms with Crippen molar-refractivity contribution in [3.63, 3.8) is 0 Å². The molecule has 0 aromatic rings. The summed E-state index contributed by atoms with van der Waals surface area (Å²) in [6, 6.07) is 0. The van der Waals surface area contributed by atoms with Crippen molar-refractivity contribution in [3.8, 4) is 0 Å². The van der Waals surface area contributed by atoms with Crippen molar-refractivity contribution >= 4 is 11.9 Å². The van der Waals surface area contributed by atoms with Crippen LogP contribution in [0.2, 0.25) is 0 Å². The third-order valence-corrected chi connectivity index (χ3v) is 4.17. The minimum Gasteiger partial charge on any atom is -0.481 e. The molecule has 4 nitrogen and oxygen atoms in total. The van der Waals surface area contributed by atoms with Crippen molar-refractivity contribution in [2.45, 2.75) is 90.4 Å². The summed E-state index contributed by atoms with van der Waals surface area (Å²) in [4.78, 5) is 20.7. The fourth-order valence-corrected chi connectivity index (χ4v) is 2.74. The van der Waals surface area contributed by atoms with Gasteiger partial charge in [0.25, 0.3) is 0 Å². The molecular weight excluding hydrogens is 292 g/mol. The largest absolute Gasteiger partial charge is 0.481 e. The molecule has 0 aromatic carbocycles. The molecule has 0 aromatic heterocycles. The van der Waals surface area contributed by atoms with Crippen LogP contribution >= 0.6 is 0 Å². The van der Waals surface area contributed by atoms with E-state index in [-0.39, 0.29) is 0 Å². The monoisotopic (exact) mass is 326 g/mol. The van der Waals surface area contributed by atoms with Gasteiger partial charge in [0, 0.05) is 12.5 Å². The van der Waals surface area contributed by atoms with Crippen LogP contribution in [0.4, 0.5) is 0 Å². The number of hydrogen-bond donors (Lipinski definition) is 2. The van der Waals surface area contributed by atoms with Gasteiger partial charge >= 0.3 is 11.9 Å². The lowest BCUT2D eigenvalue weighted by Gasteiger charge is -2.10. The predicted molar refractivity (Wildman–Crippen MR) is 93.6 cm³/mol. The highest BCUT2D eigenvalue weighted by Gasteiger charge is 2.02. The average Bonchev–Trinajstić information content (AvgIpc) is 2.48. The zero-order valence-corrected chi connectivity index (χ0v) is 14.6. The summed E-state index contributed by atoms with van der Waals surface area (Å²) in [5.41, 5.74) is 0. The van der Waals surface area contributed by atoms with Crippen molar-refractivity contribution < 1.29 is 19.8 Å². The van der Waals surface area contributed by atoms with Gasteiger partial charge < -0.3 is 10.2 Å². The van der Waals surface area contributed by atoms with Gasteiger partial charge in [-0.05, 0) is 25.2 Å². The Morgan fingerprint density at radius 3 is 1.91 bits per heavy atom. The second-order valence-electron chi connectivity index (χ2n) is 6.54. The van der Waals surface area contributed by atoms with Crippen molar-refractivity contribution in [2.75, 3.05) is 0 Å². The van der Waals surface area contributed by atoms with Crippen LogP contribution in [0.15, 0.2) is 12.2 Å². The summed E-state index contributed by atoms with van der Waals surface area (Å²) in [6.07, 6.45) is 17.0. The number of aliphatic carboxylic acids is 2. The Labute approximate surface area is 141 Å². The van der Waals surface area contributed by atoms with E-state index in [9.17, 15) is 9.59 Å². The van der Waals surface area contributed by atoms with Crippen LogP contribution in [0.3, 0.4) is 0 Å². The van der Waals surface area contributed by atoms with Crippen molar-refractivity contribution in [3.05, 3.63) is 12.2 Å². The lowest BCUT2D eigenvalue weighted by atomic mass is 9.96. The smallest absolute Gasteiger partial charge is 0.327 e. The van der Waals surface area contributed by atoms with Gasteiger partial charge in [0.05, 0.1) is 0 Å². The van der Waals surface area contributed by atoms with Gasteiger partial charge in [-0.15, -0.1) is 0 Å². The van der Waals surface area contributed by atoms with Crippen molar-refractivity contribution in [1.82, 2.24) is 0 Å². The number of rotatable bonds is 16. The average molecular weight is 326 g/mol. The fraction of sp³-hybridized carbons (Fsp3) is 0.789. The summed E-state index contributed by atoms with van der Waals surface area (Å²) in [5.74, 6) is -0.770. The summed E-state index contributed by atoms with van der Waals surface area (Å²) in [7, 11) is 0. The van der Waals surface area contributed by atoms with Crippen molar-refractivity contribution in [2.24, 2.45) is 5.92 Å². The topological polar surface area (TPSA) is 74.6 Å². The first-order chi connectivity index (χ1) is 11.0. The molecule has 1 unspecified atom stereocenters. The summed E-state index contributed by atoms with van der Waals surface area (Å²) in [5, 5.41) is 17.0. The van der Waals surface area contributed by atoms with E-state index in [0.29, 0.717) is 6.42 Å². The van der Waals surface area contributed by atoms with Crippen LogP contribution in [-0.4, -0.2) is 22.2 Å². The number of carboxylic acid groups (broad SMARTS) is 2. The highest BCUT2D eigenvalue weighted by Crippen LogP contribution is 2.18. The standard InChI is InChI=1S/C19H34O4/c1-17(14-10-6-4-8-12-16-19(22)23)13-9-5-2-3-7-11-15-18(20)21/h12,16-17H,2-11,13-15H2,1H3,(H,20,21)(H,22,23). The van der Waals surface area contributed by atoms with E-state index < -0.39 is 11.9 Å². The molecule has 0 saturated carbocycles. The van der Waals surface area contributed by atoms with Gasteiger partial charge in [0.2, 0.25) is 0 Å². The highest BCUT2D eigenvalue weighted by molar-refractivity contribution is 5.79. The number of unbranched alkanes of at least 4 members (excludes halogenated alkanes) is 8. The molecule has 0 rings (SSSR count). The number of allylic oxidation sites excluding steroid dienone is 1. The molecule has 1 atom stereocenters. The Hall–Kier alpha value is -1.32. The van der Waals surface area contributed by atoms with Gasteiger partial charge in [-0.1, -0.05) is 70.8 Å². The molecule has 0 fully saturated rings. The summed E-state index contributed by atoms with van der Waals surface area (Å²) in [6.45, 7) is 2.32. The zero-order valence-electron chi connectivity index (χ0n) is 14.6. The Kier molecular flexibility index (Phi) is 14.7. The normalized spacial score (nSPS) is 12.6. The van der Waals surface area contributed by atoms with Crippen LogP contribution in [0.5, 0.6) is 0 Å². The number of hydrogen-bond acceptors (Lipinski definition) is 2. The Morgan fingerprint density at radius 2 is 1.35 bits per heavy atom. The van der Waals surface area contributed by atoms with Gasteiger partial charge in [0.1, 0.15) is 0 Å². The molecular formula is C19H34O4. The second-order valence-corrected chi connectivity index (χ2v) is 6.54. The van der Waals surface area contributed by atoms with E-state index in [4.69, 9.17) is 10.2 Å². The molecule has 4 heteroatoms. The van der Waals surface area contributed by atoms with E-state index in [1.54, 1.807) is 6.08 Å². The van der Waals surface area contributed by atoms with Crippen LogP contribution in [0.25, 0.3) is 0 Å². The van der Waals surface area contributed by atoms with E-state index in [1.165, 1.54) is 51.0 Å². The number of carboxylic acids is 2. The third kappa shape index (κ3) is 18.6. The predicted octanol–water partition coefficient (Wildman–Crippen LogP) is 5.42. The maximum absolute atomic E-state index is 10.4. The first kappa shape index (κ1) is 21.7. The third-order valence-electron chi connectivity index (χ3n) is 4.17. The SMILES string of the molecule is CC(CCCCCC=CC(=O)O)CCCCCCCCC(=O)O. The van der Waals surface area contributed by atoms with Gasteiger partial charge in [-0.2, -0.15) is 0 Å². The number of carbonyl (C=O) groups is 2. The summed E-state index contributed by atoms with van der Waals surface area (Å²) >= 11 is 0. The van der Waals surface area contributed by atoms with Gasteiger partial charge in [-0.25, -0.2) is 4.79 Å². The molecule has 0 spiro atoms. The minimum atomic E-state index is -0.861. The van der Waals surface area contributed by atoms with Crippen LogP contribution in [0, 0.1) is 5.92 Å². The van der Waals surface area contributed by atoms with E-state index in [2.05, 4.69) is 6.92 Å². The molecule has 0 bridgehead atoms. The fourth-order valence-electron chi connectivity index (χ4n) is 2.74. The molecule has 0 saturated heterocycles. The van der Waals surface area contributed by atoms with E-state index >= 15 is 0 Å². The first-order valence-corrected chi connectivity index (χ1v) is 9.13. The Morgan fingerprint density at radius 1 is 0.826 bits per heavy atom. The highest BCUT2D eigenvalue weighted by atomic mass is 16.4. The summed E-state index contributed by atoms with van der Waals surface area (Å²) < 4.78 is 0.